The van der Waals surface area contributed by atoms with E-state index in [1.54, 1.807) is 0 Å². The number of halogens is 1. The molecule has 0 saturated carbocycles. The number of carbonyl (C=O) groups is 2. The highest BCUT2D eigenvalue weighted by atomic mass is 35.5. The Morgan fingerprint density at radius 3 is 2.65 bits per heavy atom. The Morgan fingerprint density at radius 2 is 2.04 bits per heavy atom. The van der Waals surface area contributed by atoms with Gasteiger partial charge in [-0.3, -0.25) is 14.6 Å². The first-order valence-electron chi connectivity index (χ1n) is 8.71. The van der Waals surface area contributed by atoms with Crippen LogP contribution in [-0.4, -0.2) is 38.7 Å². The third kappa shape index (κ3) is 3.16. The lowest BCUT2D eigenvalue weighted by atomic mass is 9.71. The van der Waals surface area contributed by atoms with Crippen LogP contribution in [0, 0.1) is 5.92 Å². The molecule has 2 atom stereocenters. The Balaban J connectivity index is 2.19. The Kier molecular flexibility index (Phi) is 5.19. The molecule has 0 radical (unpaired) electrons. The number of aliphatic imine (C=N–C) groups is 1. The molecule has 0 N–H and O–H groups in total. The summed E-state index contributed by atoms with van der Waals surface area (Å²) < 4.78 is 5.02. The number of Topliss-reactive ketones (excluding diaryl/α,β-unsaturated/α-hetero) is 1. The van der Waals surface area contributed by atoms with Crippen molar-refractivity contribution in [1.29, 1.82) is 0 Å². The summed E-state index contributed by atoms with van der Waals surface area (Å²) in [6, 6.07) is 5.72. The van der Waals surface area contributed by atoms with Crippen molar-refractivity contribution in [2.24, 2.45) is 10.9 Å². The smallest absolute Gasteiger partial charge is 0.315 e. The van der Waals surface area contributed by atoms with Gasteiger partial charge in [0.1, 0.15) is 5.92 Å². The number of ether oxygens (including phenoxy) is 1. The summed E-state index contributed by atoms with van der Waals surface area (Å²) >= 11 is 6.59. The van der Waals surface area contributed by atoms with Crippen LogP contribution in [0.3, 0.4) is 0 Å². The van der Waals surface area contributed by atoms with Crippen LogP contribution in [0.5, 0.6) is 0 Å². The maximum atomic E-state index is 12.7. The zero-order valence-electron chi connectivity index (χ0n) is 15.5. The molecule has 3 rings (SSSR count). The molecule has 1 aliphatic carbocycles. The first kappa shape index (κ1) is 18.6. The number of allylic oxidation sites excluding steroid dienone is 2. The normalized spacial score (nSPS) is 22.7. The van der Waals surface area contributed by atoms with Gasteiger partial charge in [0, 0.05) is 54.1 Å². The van der Waals surface area contributed by atoms with E-state index in [1.807, 2.05) is 44.1 Å². The van der Waals surface area contributed by atoms with Gasteiger partial charge >= 0.3 is 5.97 Å². The van der Waals surface area contributed by atoms with E-state index < -0.39 is 17.8 Å². The number of nitrogens with zero attached hydrogens (tertiary/aromatic N) is 2. The van der Waals surface area contributed by atoms with Gasteiger partial charge in [0.2, 0.25) is 0 Å². The van der Waals surface area contributed by atoms with E-state index in [4.69, 9.17) is 16.3 Å². The van der Waals surface area contributed by atoms with Gasteiger partial charge in [0.15, 0.2) is 5.78 Å². The van der Waals surface area contributed by atoms with E-state index in [0.29, 0.717) is 22.7 Å². The predicted octanol–water partition coefficient (Wildman–Crippen LogP) is 3.76. The van der Waals surface area contributed by atoms with E-state index in [1.165, 1.54) is 7.11 Å². The fraction of sp³-hybridized carbons (Fsp3) is 0.450. The Labute approximate surface area is 158 Å². The summed E-state index contributed by atoms with van der Waals surface area (Å²) in [6.45, 7) is 1.82. The van der Waals surface area contributed by atoms with E-state index in [0.717, 1.165) is 29.8 Å². The van der Waals surface area contributed by atoms with Crippen LogP contribution < -0.4 is 4.90 Å². The van der Waals surface area contributed by atoms with Crippen LogP contribution in [0.4, 0.5) is 5.69 Å². The largest absolute Gasteiger partial charge is 0.468 e. The fourth-order valence-electron chi connectivity index (χ4n) is 3.82. The molecule has 5 nitrogen and oxygen atoms in total. The summed E-state index contributed by atoms with van der Waals surface area (Å²) in [4.78, 5) is 31.8. The molecule has 6 heteroatoms. The first-order chi connectivity index (χ1) is 12.3. The second-order valence-electron chi connectivity index (χ2n) is 6.97. The highest BCUT2D eigenvalue weighted by Crippen LogP contribution is 2.45. The van der Waals surface area contributed by atoms with Crippen LogP contribution in [0.15, 0.2) is 34.5 Å². The number of rotatable bonds is 3. The molecule has 1 aromatic rings. The second-order valence-corrected chi connectivity index (χ2v) is 7.38. The predicted molar refractivity (Wildman–Crippen MR) is 103 cm³/mol. The lowest BCUT2D eigenvalue weighted by Gasteiger charge is -2.34. The number of benzene rings is 1. The molecule has 0 fully saturated rings. The average molecular weight is 375 g/mol. The molecule has 26 heavy (non-hydrogen) atoms. The van der Waals surface area contributed by atoms with Gasteiger partial charge in [0.05, 0.1) is 7.11 Å². The lowest BCUT2D eigenvalue weighted by Crippen LogP contribution is -2.37. The van der Waals surface area contributed by atoms with E-state index >= 15 is 0 Å². The summed E-state index contributed by atoms with van der Waals surface area (Å²) in [7, 11) is 5.23. The Bertz CT molecular complexity index is 826. The highest BCUT2D eigenvalue weighted by molar-refractivity contribution is 6.32. The number of ketones is 1. The van der Waals surface area contributed by atoms with Crippen LogP contribution in [0.1, 0.15) is 37.7 Å². The molecule has 138 valence electrons. The van der Waals surface area contributed by atoms with Crippen molar-refractivity contribution in [3.63, 3.8) is 0 Å². The molecule has 2 aliphatic rings. The van der Waals surface area contributed by atoms with Crippen LogP contribution in [0.2, 0.25) is 5.02 Å². The molecular formula is C20H23ClN2O3. The Hall–Kier alpha value is -2.14. The molecule has 1 heterocycles. The second kappa shape index (κ2) is 7.23. The highest BCUT2D eigenvalue weighted by Gasteiger charge is 2.43. The monoisotopic (exact) mass is 374 g/mol. The molecule has 1 aromatic carbocycles. The minimum Gasteiger partial charge on any atom is -0.468 e. The van der Waals surface area contributed by atoms with Crippen molar-refractivity contribution in [3.8, 4) is 0 Å². The zero-order valence-corrected chi connectivity index (χ0v) is 16.3. The standard InChI is InChI=1S/C20H23ClN2O3/c1-11-17(20(25)26-4)18(19-15(22-11)6-5-7-16(19)24)13-9-8-12(23(2)3)10-14(13)21/h8-10,17-18H,5-7H2,1-4H3/t17?,18-/m0/s1. The number of carbonyl (C=O) groups excluding carboxylic acids is 2. The number of esters is 1. The summed E-state index contributed by atoms with van der Waals surface area (Å²) in [5.74, 6) is -1.43. The van der Waals surface area contributed by atoms with Gasteiger partial charge in [-0.15, -0.1) is 0 Å². The van der Waals surface area contributed by atoms with Crippen LogP contribution in [-0.2, 0) is 14.3 Å². The minimum absolute atomic E-state index is 0.0501. The maximum absolute atomic E-state index is 12.7. The fourth-order valence-corrected chi connectivity index (χ4v) is 4.11. The number of anilines is 1. The van der Waals surface area contributed by atoms with Crippen molar-refractivity contribution >= 4 is 34.8 Å². The van der Waals surface area contributed by atoms with Gasteiger partial charge in [-0.05, 0) is 37.5 Å². The molecule has 1 aliphatic heterocycles. The molecule has 0 bridgehead atoms. The van der Waals surface area contributed by atoms with Gasteiger partial charge in [0.25, 0.3) is 0 Å². The minimum atomic E-state index is -0.636. The maximum Gasteiger partial charge on any atom is 0.315 e. The topological polar surface area (TPSA) is 59.0 Å². The molecule has 1 unspecified atom stereocenters. The van der Waals surface area contributed by atoms with Crippen LogP contribution >= 0.6 is 11.6 Å². The summed E-state index contributed by atoms with van der Waals surface area (Å²) in [6.07, 6.45) is 2.01. The van der Waals surface area contributed by atoms with Crippen molar-refractivity contribution in [2.45, 2.75) is 32.1 Å². The Morgan fingerprint density at radius 1 is 1.31 bits per heavy atom. The molecule has 0 spiro atoms. The van der Waals surface area contributed by atoms with Crippen molar-refractivity contribution < 1.29 is 14.3 Å². The SMILES string of the molecule is COC(=O)C1C(C)=NC2=C(C(=O)CCC2)[C@H]1c1ccc(N(C)C)cc1Cl. The van der Waals surface area contributed by atoms with E-state index in [-0.39, 0.29) is 5.78 Å². The summed E-state index contributed by atoms with van der Waals surface area (Å²) in [5.41, 5.74) is 3.81. The van der Waals surface area contributed by atoms with Crippen LogP contribution in [0.25, 0.3) is 0 Å². The van der Waals surface area contributed by atoms with Crippen molar-refractivity contribution in [3.05, 3.63) is 40.1 Å². The molecule has 0 aromatic heterocycles. The lowest BCUT2D eigenvalue weighted by molar-refractivity contribution is -0.143. The first-order valence-corrected chi connectivity index (χ1v) is 9.09. The van der Waals surface area contributed by atoms with Gasteiger partial charge in [-0.1, -0.05) is 17.7 Å². The average Bonchev–Trinajstić information content (AvgIpc) is 2.60. The number of hydrogen-bond acceptors (Lipinski definition) is 5. The third-order valence-corrected chi connectivity index (χ3v) is 5.45. The van der Waals surface area contributed by atoms with E-state index in [9.17, 15) is 9.59 Å². The van der Waals surface area contributed by atoms with Gasteiger partial charge in [-0.25, -0.2) is 0 Å². The van der Waals surface area contributed by atoms with Crippen molar-refractivity contribution in [1.82, 2.24) is 0 Å². The quantitative estimate of drug-likeness (QED) is 0.756. The van der Waals surface area contributed by atoms with Gasteiger partial charge < -0.3 is 9.64 Å². The number of hydrogen-bond donors (Lipinski definition) is 0. The third-order valence-electron chi connectivity index (χ3n) is 5.13. The zero-order chi connectivity index (χ0) is 19.0. The van der Waals surface area contributed by atoms with Gasteiger partial charge in [-0.2, -0.15) is 0 Å². The van der Waals surface area contributed by atoms with Crippen molar-refractivity contribution in [2.75, 3.05) is 26.1 Å². The van der Waals surface area contributed by atoms with E-state index in [2.05, 4.69) is 4.99 Å². The number of methoxy groups -OCH3 is 1. The molecule has 0 amide bonds. The molecule has 0 saturated heterocycles. The summed E-state index contributed by atoms with van der Waals surface area (Å²) in [5, 5.41) is 0.537. The molecular weight excluding hydrogens is 352 g/mol.